The van der Waals surface area contributed by atoms with E-state index >= 15 is 0 Å². The lowest BCUT2D eigenvalue weighted by atomic mass is 10.0. The van der Waals surface area contributed by atoms with Gasteiger partial charge in [-0.1, -0.05) is 15.9 Å². The monoisotopic (exact) mass is 378 g/mol. The zero-order valence-electron chi connectivity index (χ0n) is 8.58. The number of nitrogens with two attached hydrogens (primary N) is 1. The highest BCUT2D eigenvalue weighted by molar-refractivity contribution is 9.10. The summed E-state index contributed by atoms with van der Waals surface area (Å²) in [5.74, 6) is 5.29. The molecule has 0 radical (unpaired) electrons. The first-order valence-electron chi connectivity index (χ1n) is 4.76. The molecule has 3 N–H and O–H groups in total. The summed E-state index contributed by atoms with van der Waals surface area (Å²) in [7, 11) is 0. The van der Waals surface area contributed by atoms with Crippen LogP contribution in [0.4, 0.5) is 4.39 Å². The molecule has 0 aliphatic carbocycles. The number of hydrazine groups is 1. The second-order valence-electron chi connectivity index (χ2n) is 3.44. The first-order chi connectivity index (χ1) is 8.13. The number of hydrogen-bond acceptors (Lipinski definition) is 3. The van der Waals surface area contributed by atoms with Gasteiger partial charge in [-0.2, -0.15) is 11.3 Å². The van der Waals surface area contributed by atoms with Crippen LogP contribution < -0.4 is 11.3 Å². The van der Waals surface area contributed by atoms with Gasteiger partial charge >= 0.3 is 0 Å². The molecule has 0 spiro atoms. The van der Waals surface area contributed by atoms with Crippen LogP contribution in [0.3, 0.4) is 0 Å². The van der Waals surface area contributed by atoms with Crippen LogP contribution in [0, 0.1) is 5.82 Å². The second-order valence-corrected chi connectivity index (χ2v) is 5.89. The molecule has 2 nitrogen and oxygen atoms in total. The zero-order valence-corrected chi connectivity index (χ0v) is 12.6. The Morgan fingerprint density at radius 3 is 2.53 bits per heavy atom. The van der Waals surface area contributed by atoms with Crippen molar-refractivity contribution in [1.82, 2.24) is 5.43 Å². The number of benzene rings is 1. The standard InChI is InChI=1S/C11H9Br2FN2S/c12-9-2-1-6(14)3-7(9)11(16-15)8-4-17-5-10(8)13/h1-5,11,16H,15H2. The van der Waals surface area contributed by atoms with E-state index in [0.29, 0.717) is 0 Å². The number of rotatable bonds is 3. The topological polar surface area (TPSA) is 38.0 Å². The SMILES string of the molecule is NNC(c1cscc1Br)c1cc(F)ccc1Br. The maximum Gasteiger partial charge on any atom is 0.123 e. The molecule has 2 aromatic rings. The van der Waals surface area contributed by atoms with Crippen LogP contribution in [0.5, 0.6) is 0 Å². The first-order valence-corrected chi connectivity index (χ1v) is 7.29. The largest absolute Gasteiger partial charge is 0.271 e. The number of thiophene rings is 1. The van der Waals surface area contributed by atoms with Crippen LogP contribution in [0.25, 0.3) is 0 Å². The van der Waals surface area contributed by atoms with Crippen molar-refractivity contribution in [2.45, 2.75) is 6.04 Å². The van der Waals surface area contributed by atoms with Gasteiger partial charge in [0.2, 0.25) is 0 Å². The van der Waals surface area contributed by atoms with Crippen LogP contribution in [0.1, 0.15) is 17.2 Å². The third-order valence-electron chi connectivity index (χ3n) is 2.39. The van der Waals surface area contributed by atoms with E-state index in [9.17, 15) is 4.39 Å². The Balaban J connectivity index is 2.49. The molecule has 6 heteroatoms. The Morgan fingerprint density at radius 1 is 1.18 bits per heavy atom. The van der Waals surface area contributed by atoms with Gasteiger partial charge in [-0.05, 0) is 50.6 Å². The Labute approximate surface area is 119 Å². The summed E-state index contributed by atoms with van der Waals surface area (Å²) >= 11 is 8.42. The van der Waals surface area contributed by atoms with Crippen molar-refractivity contribution in [3.63, 3.8) is 0 Å². The zero-order chi connectivity index (χ0) is 12.4. The first kappa shape index (κ1) is 13.2. The average Bonchev–Trinajstić information content (AvgIpc) is 2.71. The lowest BCUT2D eigenvalue weighted by Gasteiger charge is -2.17. The van der Waals surface area contributed by atoms with Gasteiger partial charge in [0.05, 0.1) is 6.04 Å². The van der Waals surface area contributed by atoms with Gasteiger partial charge in [0.25, 0.3) is 0 Å². The van der Waals surface area contributed by atoms with Crippen molar-refractivity contribution >= 4 is 43.2 Å². The molecule has 1 aromatic carbocycles. The molecular formula is C11H9Br2FN2S. The minimum atomic E-state index is -0.283. The Hall–Kier alpha value is -0.270. The van der Waals surface area contributed by atoms with E-state index in [4.69, 9.17) is 5.84 Å². The van der Waals surface area contributed by atoms with Crippen LogP contribution in [0.15, 0.2) is 37.9 Å². The van der Waals surface area contributed by atoms with Crippen molar-refractivity contribution in [1.29, 1.82) is 0 Å². The third-order valence-corrected chi connectivity index (χ3v) is 4.86. The van der Waals surface area contributed by atoms with E-state index < -0.39 is 0 Å². The quantitative estimate of drug-likeness (QED) is 0.625. The number of hydrogen-bond donors (Lipinski definition) is 2. The van der Waals surface area contributed by atoms with Crippen molar-refractivity contribution in [2.75, 3.05) is 0 Å². The third kappa shape index (κ3) is 2.77. The maximum absolute atomic E-state index is 13.3. The summed E-state index contributed by atoms with van der Waals surface area (Å²) in [4.78, 5) is 0. The molecule has 0 aliphatic heterocycles. The fourth-order valence-corrected chi connectivity index (χ4v) is 3.61. The molecule has 0 saturated carbocycles. The van der Waals surface area contributed by atoms with Gasteiger partial charge in [-0.3, -0.25) is 5.84 Å². The molecule has 90 valence electrons. The van der Waals surface area contributed by atoms with E-state index in [1.54, 1.807) is 17.4 Å². The molecule has 1 aromatic heterocycles. The molecule has 0 saturated heterocycles. The van der Waals surface area contributed by atoms with Crippen molar-refractivity contribution in [3.05, 3.63) is 54.8 Å². The van der Waals surface area contributed by atoms with Gasteiger partial charge in [0.1, 0.15) is 5.82 Å². The molecule has 1 heterocycles. The van der Waals surface area contributed by atoms with E-state index in [-0.39, 0.29) is 11.9 Å². The van der Waals surface area contributed by atoms with E-state index in [0.717, 1.165) is 20.1 Å². The second kappa shape index (κ2) is 5.58. The summed E-state index contributed by atoms with van der Waals surface area (Å²) < 4.78 is 15.1. The molecule has 0 bridgehead atoms. The molecule has 2 rings (SSSR count). The highest BCUT2D eigenvalue weighted by Gasteiger charge is 2.19. The Kier molecular flexibility index (Phi) is 4.32. The minimum absolute atomic E-state index is 0.249. The predicted molar refractivity (Wildman–Crippen MR) is 75.3 cm³/mol. The Morgan fingerprint density at radius 2 is 1.94 bits per heavy atom. The Bertz CT molecular complexity index is 530. The van der Waals surface area contributed by atoms with Crippen LogP contribution >= 0.6 is 43.2 Å². The fourth-order valence-electron chi connectivity index (χ4n) is 1.58. The molecule has 0 amide bonds. The van der Waals surface area contributed by atoms with Crippen LogP contribution in [0.2, 0.25) is 0 Å². The smallest absolute Gasteiger partial charge is 0.123 e. The van der Waals surface area contributed by atoms with Crippen molar-refractivity contribution < 1.29 is 4.39 Å². The summed E-state index contributed by atoms with van der Waals surface area (Å²) in [6.07, 6.45) is 0. The molecule has 1 atom stereocenters. The summed E-state index contributed by atoms with van der Waals surface area (Å²) in [5, 5.41) is 3.94. The van der Waals surface area contributed by atoms with Gasteiger partial charge in [-0.15, -0.1) is 0 Å². The molecule has 1 unspecified atom stereocenters. The van der Waals surface area contributed by atoms with Gasteiger partial charge in [0.15, 0.2) is 0 Å². The van der Waals surface area contributed by atoms with E-state index in [1.807, 2.05) is 10.8 Å². The summed E-state index contributed by atoms with van der Waals surface area (Å²) in [6.45, 7) is 0. The highest BCUT2D eigenvalue weighted by Crippen LogP contribution is 2.34. The lowest BCUT2D eigenvalue weighted by Crippen LogP contribution is -2.29. The average molecular weight is 380 g/mol. The normalized spacial score (nSPS) is 12.7. The predicted octanol–water partition coefficient (Wildman–Crippen LogP) is 3.96. The van der Waals surface area contributed by atoms with Crippen LogP contribution in [-0.2, 0) is 0 Å². The van der Waals surface area contributed by atoms with Crippen molar-refractivity contribution in [3.8, 4) is 0 Å². The maximum atomic E-state index is 13.3. The minimum Gasteiger partial charge on any atom is -0.271 e. The van der Waals surface area contributed by atoms with E-state index in [2.05, 4.69) is 37.3 Å². The molecule has 0 fully saturated rings. The molecule has 0 aliphatic rings. The lowest BCUT2D eigenvalue weighted by molar-refractivity contribution is 0.603. The van der Waals surface area contributed by atoms with Crippen LogP contribution in [-0.4, -0.2) is 0 Å². The summed E-state index contributed by atoms with van der Waals surface area (Å²) in [6, 6.07) is 4.30. The molecule has 17 heavy (non-hydrogen) atoms. The van der Waals surface area contributed by atoms with E-state index in [1.165, 1.54) is 12.1 Å². The van der Waals surface area contributed by atoms with Gasteiger partial charge in [0, 0.05) is 14.3 Å². The number of nitrogens with one attached hydrogen (secondary N) is 1. The highest BCUT2D eigenvalue weighted by atomic mass is 79.9. The van der Waals surface area contributed by atoms with Gasteiger partial charge < -0.3 is 0 Å². The molecular weight excluding hydrogens is 371 g/mol. The number of halogens is 3. The van der Waals surface area contributed by atoms with Gasteiger partial charge in [-0.25, -0.2) is 9.82 Å². The summed E-state index contributed by atoms with van der Waals surface area (Å²) in [5.41, 5.74) is 4.47. The fraction of sp³-hybridized carbons (Fsp3) is 0.0909. The van der Waals surface area contributed by atoms with Crippen molar-refractivity contribution in [2.24, 2.45) is 5.84 Å².